The Balaban J connectivity index is 2.12. The average molecular weight is 234 g/mol. The van der Waals surface area contributed by atoms with Gasteiger partial charge in [0.1, 0.15) is 5.69 Å². The zero-order valence-corrected chi connectivity index (χ0v) is 9.41. The van der Waals surface area contributed by atoms with Crippen LogP contribution in [0.15, 0.2) is 29.9 Å². The maximum atomic E-state index is 11.3. The molecule has 0 bridgehead atoms. The molecule has 82 valence electrons. The maximum Gasteiger partial charge on any atom is 0.270 e. The third kappa shape index (κ3) is 2.34. The van der Waals surface area contributed by atoms with Crippen molar-refractivity contribution in [1.29, 1.82) is 0 Å². The standard InChI is InChI=1S/C10H10N4OS/c1-11-9(15)8-6-16-10(14-8)13-7-3-2-4-12-5-7/h2-6H,1H3,(H,11,15)(H,13,14). The number of pyridine rings is 1. The first-order chi connectivity index (χ1) is 7.79. The van der Waals surface area contributed by atoms with Crippen molar-refractivity contribution in [3.05, 3.63) is 35.6 Å². The lowest BCUT2D eigenvalue weighted by molar-refractivity contribution is 0.0959. The lowest BCUT2D eigenvalue weighted by Crippen LogP contribution is -2.17. The normalized spacial score (nSPS) is 9.81. The Kier molecular flexibility index (Phi) is 3.11. The minimum Gasteiger partial charge on any atom is -0.354 e. The molecule has 1 amide bonds. The highest BCUT2D eigenvalue weighted by molar-refractivity contribution is 7.14. The SMILES string of the molecule is CNC(=O)c1csc(Nc2cccnc2)n1. The summed E-state index contributed by atoms with van der Waals surface area (Å²) in [6.07, 6.45) is 3.39. The van der Waals surface area contributed by atoms with Crippen molar-refractivity contribution in [2.24, 2.45) is 0 Å². The van der Waals surface area contributed by atoms with Crippen LogP contribution in [0.4, 0.5) is 10.8 Å². The molecule has 0 saturated heterocycles. The molecule has 0 aromatic carbocycles. The molecule has 16 heavy (non-hydrogen) atoms. The van der Waals surface area contributed by atoms with Crippen molar-refractivity contribution < 1.29 is 4.79 Å². The summed E-state index contributed by atoms with van der Waals surface area (Å²) in [6, 6.07) is 3.71. The fraction of sp³-hybridized carbons (Fsp3) is 0.100. The van der Waals surface area contributed by atoms with Crippen molar-refractivity contribution in [2.45, 2.75) is 0 Å². The Morgan fingerprint density at radius 2 is 2.38 bits per heavy atom. The van der Waals surface area contributed by atoms with E-state index in [0.29, 0.717) is 10.8 Å². The van der Waals surface area contributed by atoms with Crippen LogP contribution in [0, 0.1) is 0 Å². The summed E-state index contributed by atoms with van der Waals surface area (Å²) in [6.45, 7) is 0. The first kappa shape index (κ1) is 10.6. The van der Waals surface area contributed by atoms with Gasteiger partial charge in [0, 0.05) is 18.6 Å². The largest absolute Gasteiger partial charge is 0.354 e. The summed E-state index contributed by atoms with van der Waals surface area (Å²) in [5.41, 5.74) is 1.26. The van der Waals surface area contributed by atoms with E-state index < -0.39 is 0 Å². The fourth-order valence-corrected chi connectivity index (χ4v) is 1.83. The lowest BCUT2D eigenvalue weighted by Gasteiger charge is -1.99. The molecule has 0 aliphatic rings. The van der Waals surface area contributed by atoms with Gasteiger partial charge < -0.3 is 10.6 Å². The van der Waals surface area contributed by atoms with Crippen molar-refractivity contribution >= 4 is 28.1 Å². The van der Waals surface area contributed by atoms with Crippen LogP contribution < -0.4 is 10.6 Å². The van der Waals surface area contributed by atoms with Gasteiger partial charge >= 0.3 is 0 Å². The molecule has 2 aromatic rings. The van der Waals surface area contributed by atoms with Crippen LogP contribution in [0.1, 0.15) is 10.5 Å². The molecule has 0 aliphatic carbocycles. The number of nitrogens with zero attached hydrogens (tertiary/aromatic N) is 2. The summed E-state index contributed by atoms with van der Waals surface area (Å²) in [5, 5.41) is 7.97. The zero-order valence-electron chi connectivity index (χ0n) is 8.60. The van der Waals surface area contributed by atoms with Crippen molar-refractivity contribution in [2.75, 3.05) is 12.4 Å². The van der Waals surface area contributed by atoms with Gasteiger partial charge in [-0.1, -0.05) is 0 Å². The van der Waals surface area contributed by atoms with Gasteiger partial charge in [-0.25, -0.2) is 4.98 Å². The number of hydrogen-bond donors (Lipinski definition) is 2. The van der Waals surface area contributed by atoms with E-state index >= 15 is 0 Å². The number of carbonyl (C=O) groups is 1. The second kappa shape index (κ2) is 4.71. The van der Waals surface area contributed by atoms with Gasteiger partial charge in [0.15, 0.2) is 5.13 Å². The van der Waals surface area contributed by atoms with Crippen LogP contribution in [0.3, 0.4) is 0 Å². The van der Waals surface area contributed by atoms with Gasteiger partial charge in [0.05, 0.1) is 11.9 Å². The quantitative estimate of drug-likeness (QED) is 0.847. The monoisotopic (exact) mass is 234 g/mol. The number of nitrogens with one attached hydrogen (secondary N) is 2. The van der Waals surface area contributed by atoms with E-state index in [1.165, 1.54) is 11.3 Å². The summed E-state index contributed by atoms with van der Waals surface area (Å²) in [7, 11) is 1.58. The van der Waals surface area contributed by atoms with Crippen LogP contribution in [-0.4, -0.2) is 22.9 Å². The Hall–Kier alpha value is -1.95. The minimum absolute atomic E-state index is 0.185. The van der Waals surface area contributed by atoms with Gasteiger partial charge in [-0.15, -0.1) is 11.3 Å². The summed E-state index contributed by atoms with van der Waals surface area (Å²) in [5.74, 6) is -0.185. The van der Waals surface area contributed by atoms with E-state index in [9.17, 15) is 4.79 Å². The number of rotatable bonds is 3. The molecule has 0 aliphatic heterocycles. The Morgan fingerprint density at radius 3 is 3.06 bits per heavy atom. The Bertz CT molecular complexity index is 483. The van der Waals surface area contributed by atoms with E-state index in [0.717, 1.165) is 5.69 Å². The highest BCUT2D eigenvalue weighted by Gasteiger charge is 2.08. The minimum atomic E-state index is -0.185. The summed E-state index contributed by atoms with van der Waals surface area (Å²) < 4.78 is 0. The summed E-state index contributed by atoms with van der Waals surface area (Å²) in [4.78, 5) is 19.4. The molecule has 0 unspecified atom stereocenters. The molecule has 0 atom stereocenters. The second-order valence-electron chi connectivity index (χ2n) is 2.98. The van der Waals surface area contributed by atoms with Gasteiger partial charge in [-0.2, -0.15) is 0 Å². The van der Waals surface area contributed by atoms with Crippen molar-refractivity contribution in [1.82, 2.24) is 15.3 Å². The first-order valence-corrected chi connectivity index (χ1v) is 5.52. The Labute approximate surface area is 96.6 Å². The van der Waals surface area contributed by atoms with E-state index in [1.54, 1.807) is 24.8 Å². The second-order valence-corrected chi connectivity index (χ2v) is 3.84. The van der Waals surface area contributed by atoms with E-state index in [-0.39, 0.29) is 5.91 Å². The van der Waals surface area contributed by atoms with E-state index in [1.807, 2.05) is 12.1 Å². The molecule has 2 N–H and O–H groups in total. The zero-order chi connectivity index (χ0) is 11.4. The number of anilines is 2. The molecule has 2 rings (SSSR count). The van der Waals surface area contributed by atoms with Gasteiger partial charge in [0.25, 0.3) is 5.91 Å². The van der Waals surface area contributed by atoms with Crippen LogP contribution in [-0.2, 0) is 0 Å². The number of aromatic nitrogens is 2. The summed E-state index contributed by atoms with van der Waals surface area (Å²) >= 11 is 1.38. The molecule has 2 heterocycles. The number of thiazole rings is 1. The average Bonchev–Trinajstić information content (AvgIpc) is 2.78. The van der Waals surface area contributed by atoms with Crippen LogP contribution in [0.25, 0.3) is 0 Å². The fourth-order valence-electron chi connectivity index (χ4n) is 1.12. The molecule has 6 heteroatoms. The highest BCUT2D eigenvalue weighted by atomic mass is 32.1. The van der Waals surface area contributed by atoms with Gasteiger partial charge in [-0.05, 0) is 12.1 Å². The predicted molar refractivity (Wildman–Crippen MR) is 63.0 cm³/mol. The molecular weight excluding hydrogens is 224 g/mol. The van der Waals surface area contributed by atoms with E-state index in [2.05, 4.69) is 20.6 Å². The van der Waals surface area contributed by atoms with Crippen molar-refractivity contribution in [3.63, 3.8) is 0 Å². The predicted octanol–water partition coefficient (Wildman–Crippen LogP) is 1.64. The number of carbonyl (C=O) groups excluding carboxylic acids is 1. The van der Waals surface area contributed by atoms with Gasteiger partial charge in [-0.3, -0.25) is 9.78 Å². The molecular formula is C10H10N4OS. The number of amides is 1. The Morgan fingerprint density at radius 1 is 1.50 bits per heavy atom. The smallest absolute Gasteiger partial charge is 0.270 e. The third-order valence-electron chi connectivity index (χ3n) is 1.88. The van der Waals surface area contributed by atoms with Crippen LogP contribution in [0.2, 0.25) is 0 Å². The van der Waals surface area contributed by atoms with Gasteiger partial charge in [0.2, 0.25) is 0 Å². The molecule has 0 fully saturated rings. The first-order valence-electron chi connectivity index (χ1n) is 4.64. The van der Waals surface area contributed by atoms with Crippen LogP contribution >= 0.6 is 11.3 Å². The highest BCUT2D eigenvalue weighted by Crippen LogP contribution is 2.19. The number of hydrogen-bond acceptors (Lipinski definition) is 5. The van der Waals surface area contributed by atoms with Crippen LogP contribution in [0.5, 0.6) is 0 Å². The molecule has 0 spiro atoms. The molecule has 0 saturated carbocycles. The molecule has 2 aromatic heterocycles. The van der Waals surface area contributed by atoms with Crippen molar-refractivity contribution in [3.8, 4) is 0 Å². The topological polar surface area (TPSA) is 66.9 Å². The van der Waals surface area contributed by atoms with E-state index in [4.69, 9.17) is 0 Å². The molecule has 5 nitrogen and oxygen atoms in total. The third-order valence-corrected chi connectivity index (χ3v) is 2.63. The maximum absolute atomic E-state index is 11.3. The lowest BCUT2D eigenvalue weighted by atomic mass is 10.4. The molecule has 0 radical (unpaired) electrons.